The third-order valence-electron chi connectivity index (χ3n) is 2.06. The second-order valence-electron chi connectivity index (χ2n) is 3.36. The van der Waals surface area contributed by atoms with E-state index in [1.165, 1.54) is 13.2 Å². The van der Waals surface area contributed by atoms with E-state index in [4.69, 9.17) is 9.47 Å². The third-order valence-corrected chi connectivity index (χ3v) is 2.06. The van der Waals surface area contributed by atoms with Gasteiger partial charge in [0.25, 0.3) is 0 Å². The highest BCUT2D eigenvalue weighted by molar-refractivity contribution is 5.82. The van der Waals surface area contributed by atoms with Gasteiger partial charge in [-0.1, -0.05) is 30.4 Å². The second-order valence-corrected chi connectivity index (χ2v) is 3.36. The maximum atomic E-state index is 10.8. The van der Waals surface area contributed by atoms with E-state index in [1.807, 2.05) is 30.3 Å². The van der Waals surface area contributed by atoms with E-state index in [-0.39, 0.29) is 12.8 Å². The minimum Gasteiger partial charge on any atom is -0.468 e. The van der Waals surface area contributed by atoms with Gasteiger partial charge in [0, 0.05) is 13.2 Å². The van der Waals surface area contributed by atoms with Crippen molar-refractivity contribution in [2.45, 2.75) is 0 Å². The first kappa shape index (κ1) is 14.0. The van der Waals surface area contributed by atoms with Crippen molar-refractivity contribution in [3.63, 3.8) is 0 Å². The molecule has 0 N–H and O–H groups in total. The van der Waals surface area contributed by atoms with Gasteiger partial charge >= 0.3 is 5.97 Å². The summed E-state index contributed by atoms with van der Waals surface area (Å²) in [5.74, 6) is 0.377. The van der Waals surface area contributed by atoms with E-state index in [0.29, 0.717) is 0 Å². The molecular weight excluding hydrogens is 232 g/mol. The van der Waals surface area contributed by atoms with Crippen molar-refractivity contribution in [1.29, 1.82) is 0 Å². The lowest BCUT2D eigenvalue weighted by atomic mass is 10.2. The number of hydrogen-bond acceptors (Lipinski definition) is 4. The van der Waals surface area contributed by atoms with Gasteiger partial charge in [0.15, 0.2) is 6.79 Å². The number of allylic oxidation sites excluding steroid dienone is 2. The monoisotopic (exact) mass is 248 g/mol. The first-order valence-electron chi connectivity index (χ1n) is 5.40. The highest BCUT2D eigenvalue weighted by atomic mass is 16.7. The summed E-state index contributed by atoms with van der Waals surface area (Å²) < 4.78 is 14.5. The molecule has 18 heavy (non-hydrogen) atoms. The van der Waals surface area contributed by atoms with Crippen molar-refractivity contribution in [3.8, 4) is 5.75 Å². The van der Waals surface area contributed by atoms with Crippen LogP contribution in [0.2, 0.25) is 0 Å². The van der Waals surface area contributed by atoms with Crippen LogP contribution in [-0.4, -0.2) is 27.0 Å². The number of rotatable bonds is 6. The molecule has 0 aliphatic rings. The van der Waals surface area contributed by atoms with Crippen LogP contribution in [0.5, 0.6) is 5.75 Å². The molecule has 0 amide bonds. The maximum absolute atomic E-state index is 10.8. The molecule has 1 aromatic rings. The van der Waals surface area contributed by atoms with E-state index in [9.17, 15) is 4.79 Å². The number of carbonyl (C=O) groups excluding carboxylic acids is 1. The molecule has 0 saturated heterocycles. The van der Waals surface area contributed by atoms with Crippen LogP contribution in [-0.2, 0) is 14.3 Å². The molecule has 1 aromatic carbocycles. The molecule has 4 heteroatoms. The Balaban J connectivity index is 2.50. The Labute approximate surface area is 106 Å². The van der Waals surface area contributed by atoms with Gasteiger partial charge in [0.05, 0.1) is 7.11 Å². The average Bonchev–Trinajstić information content (AvgIpc) is 2.42. The minimum atomic E-state index is -0.372. The zero-order valence-electron chi connectivity index (χ0n) is 10.5. The standard InChI is InChI=1S/C14H16O4/c1-16-11-18-13-9-7-12(8-10-13)5-3-4-6-14(15)17-2/h3-10H,11H2,1-2H3/b5-3+,6-4+. The van der Waals surface area contributed by atoms with E-state index in [1.54, 1.807) is 19.3 Å². The molecular formula is C14H16O4. The maximum Gasteiger partial charge on any atom is 0.330 e. The predicted octanol–water partition coefficient (Wildman–Crippen LogP) is 2.41. The molecule has 0 bridgehead atoms. The summed E-state index contributed by atoms with van der Waals surface area (Å²) in [6, 6.07) is 7.52. The number of carbonyl (C=O) groups is 1. The molecule has 0 heterocycles. The van der Waals surface area contributed by atoms with E-state index in [0.717, 1.165) is 11.3 Å². The number of benzene rings is 1. The average molecular weight is 248 g/mol. The summed E-state index contributed by atoms with van der Waals surface area (Å²) in [7, 11) is 2.92. The van der Waals surface area contributed by atoms with Gasteiger partial charge in [0.1, 0.15) is 5.75 Å². The van der Waals surface area contributed by atoms with E-state index in [2.05, 4.69) is 4.74 Å². The predicted molar refractivity (Wildman–Crippen MR) is 69.1 cm³/mol. The third kappa shape index (κ3) is 5.32. The second kappa shape index (κ2) is 8.08. The lowest BCUT2D eigenvalue weighted by Crippen LogP contribution is -1.98. The zero-order valence-corrected chi connectivity index (χ0v) is 10.5. The summed E-state index contributed by atoms with van der Waals surface area (Å²) in [5, 5.41) is 0. The molecule has 0 atom stereocenters. The lowest BCUT2D eigenvalue weighted by molar-refractivity contribution is -0.134. The summed E-state index contributed by atoms with van der Waals surface area (Å²) in [6.45, 7) is 0.233. The van der Waals surface area contributed by atoms with Gasteiger partial charge in [-0.15, -0.1) is 0 Å². The number of hydrogen-bond donors (Lipinski definition) is 0. The van der Waals surface area contributed by atoms with Gasteiger partial charge in [-0.2, -0.15) is 0 Å². The van der Waals surface area contributed by atoms with Crippen molar-refractivity contribution in [2.75, 3.05) is 21.0 Å². The minimum absolute atomic E-state index is 0.233. The highest BCUT2D eigenvalue weighted by Gasteiger charge is 1.92. The van der Waals surface area contributed by atoms with Crippen molar-refractivity contribution in [1.82, 2.24) is 0 Å². The van der Waals surface area contributed by atoms with Crippen LogP contribution in [0.3, 0.4) is 0 Å². The Morgan fingerprint density at radius 3 is 2.50 bits per heavy atom. The van der Waals surface area contributed by atoms with Gasteiger partial charge in [0.2, 0.25) is 0 Å². The Hall–Kier alpha value is -2.07. The summed E-state index contributed by atoms with van der Waals surface area (Å²) >= 11 is 0. The summed E-state index contributed by atoms with van der Waals surface area (Å²) in [4.78, 5) is 10.8. The molecule has 0 unspecified atom stereocenters. The van der Waals surface area contributed by atoms with Crippen molar-refractivity contribution < 1.29 is 19.0 Å². The topological polar surface area (TPSA) is 44.8 Å². The van der Waals surface area contributed by atoms with Crippen LogP contribution in [0.1, 0.15) is 5.56 Å². The first-order valence-corrected chi connectivity index (χ1v) is 5.40. The molecule has 4 nitrogen and oxygen atoms in total. The normalized spacial score (nSPS) is 11.0. The van der Waals surface area contributed by atoms with Crippen molar-refractivity contribution >= 4 is 12.0 Å². The molecule has 0 aliphatic carbocycles. The highest BCUT2D eigenvalue weighted by Crippen LogP contribution is 2.13. The fourth-order valence-corrected chi connectivity index (χ4v) is 1.17. The Bertz CT molecular complexity index is 418. The van der Waals surface area contributed by atoms with Gasteiger partial charge in [-0.05, 0) is 17.7 Å². The lowest BCUT2D eigenvalue weighted by Gasteiger charge is -2.03. The summed E-state index contributed by atoms with van der Waals surface area (Å²) in [5.41, 5.74) is 1.01. The molecule has 0 aromatic heterocycles. The molecule has 0 spiro atoms. The molecule has 0 aliphatic heterocycles. The largest absolute Gasteiger partial charge is 0.468 e. The molecule has 0 fully saturated rings. The molecule has 0 saturated carbocycles. The van der Waals surface area contributed by atoms with E-state index >= 15 is 0 Å². The fraction of sp³-hybridized carbons (Fsp3) is 0.214. The van der Waals surface area contributed by atoms with Crippen LogP contribution in [0.25, 0.3) is 6.08 Å². The Morgan fingerprint density at radius 1 is 1.17 bits per heavy atom. The fourth-order valence-electron chi connectivity index (χ4n) is 1.17. The van der Waals surface area contributed by atoms with Gasteiger partial charge in [-0.3, -0.25) is 0 Å². The van der Waals surface area contributed by atoms with Crippen LogP contribution < -0.4 is 4.74 Å². The Kier molecular flexibility index (Phi) is 6.28. The SMILES string of the molecule is COCOc1ccc(/C=C/C=C/C(=O)OC)cc1. The van der Waals surface area contributed by atoms with E-state index < -0.39 is 0 Å². The van der Waals surface area contributed by atoms with Gasteiger partial charge < -0.3 is 14.2 Å². The number of ether oxygens (including phenoxy) is 3. The van der Waals surface area contributed by atoms with Gasteiger partial charge in [-0.25, -0.2) is 4.79 Å². The first-order chi connectivity index (χ1) is 8.76. The smallest absolute Gasteiger partial charge is 0.330 e. The molecule has 1 rings (SSSR count). The number of esters is 1. The Morgan fingerprint density at radius 2 is 1.89 bits per heavy atom. The molecule has 0 radical (unpaired) electrons. The quantitative estimate of drug-likeness (QED) is 0.335. The van der Waals surface area contributed by atoms with Crippen LogP contribution >= 0.6 is 0 Å². The van der Waals surface area contributed by atoms with Crippen molar-refractivity contribution in [3.05, 3.63) is 48.1 Å². The molecule has 96 valence electrons. The number of methoxy groups -OCH3 is 2. The van der Waals surface area contributed by atoms with Crippen LogP contribution in [0.4, 0.5) is 0 Å². The van der Waals surface area contributed by atoms with Crippen LogP contribution in [0.15, 0.2) is 42.5 Å². The van der Waals surface area contributed by atoms with Crippen molar-refractivity contribution in [2.24, 2.45) is 0 Å². The summed E-state index contributed by atoms with van der Waals surface area (Å²) in [6.07, 6.45) is 6.62. The van der Waals surface area contributed by atoms with Crippen LogP contribution in [0, 0.1) is 0 Å². The zero-order chi connectivity index (χ0) is 13.2.